The lowest BCUT2D eigenvalue weighted by Gasteiger charge is -1.98. The second kappa shape index (κ2) is 4.71. The van der Waals surface area contributed by atoms with E-state index < -0.39 is 0 Å². The summed E-state index contributed by atoms with van der Waals surface area (Å²) >= 11 is 1.59. The van der Waals surface area contributed by atoms with Gasteiger partial charge in [-0.05, 0) is 31.7 Å². The summed E-state index contributed by atoms with van der Waals surface area (Å²) in [4.78, 5) is 4.54. The van der Waals surface area contributed by atoms with Gasteiger partial charge in [-0.3, -0.25) is 0 Å². The molecule has 3 rings (SSSR count). The van der Waals surface area contributed by atoms with Gasteiger partial charge in [-0.2, -0.15) is 0 Å². The molecule has 5 nitrogen and oxygen atoms in total. The summed E-state index contributed by atoms with van der Waals surface area (Å²) in [5, 5.41) is 10.3. The zero-order valence-corrected chi connectivity index (χ0v) is 11.7. The predicted octanol–water partition coefficient (Wildman–Crippen LogP) is 1.90. The van der Waals surface area contributed by atoms with Gasteiger partial charge in [0.2, 0.25) is 0 Å². The molecule has 0 bridgehead atoms. The molecule has 6 heteroatoms. The van der Waals surface area contributed by atoms with E-state index in [-0.39, 0.29) is 0 Å². The summed E-state index contributed by atoms with van der Waals surface area (Å²) in [6.45, 7) is 2.61. The van der Waals surface area contributed by atoms with Gasteiger partial charge in [0.25, 0.3) is 0 Å². The Morgan fingerprint density at radius 3 is 2.95 bits per heavy atom. The van der Waals surface area contributed by atoms with E-state index in [1.54, 1.807) is 11.3 Å². The number of nitrogens with two attached hydrogens (primary N) is 1. The van der Waals surface area contributed by atoms with Crippen molar-refractivity contribution in [3.8, 4) is 10.6 Å². The number of nitrogens with zero attached hydrogens (tertiary/aromatic N) is 4. The molecule has 1 aromatic carbocycles. The number of hydrogen-bond donors (Lipinski definition) is 1. The Bertz CT molecular complexity index is 728. The number of hydrogen-bond acceptors (Lipinski definition) is 5. The number of aryl methyl sites for hydroxylation is 2. The van der Waals surface area contributed by atoms with Crippen LogP contribution in [0.1, 0.15) is 10.8 Å². The number of benzene rings is 1. The van der Waals surface area contributed by atoms with Gasteiger partial charge >= 0.3 is 0 Å². The molecule has 0 fully saturated rings. The van der Waals surface area contributed by atoms with E-state index in [1.165, 1.54) is 0 Å². The fourth-order valence-electron chi connectivity index (χ4n) is 2.05. The zero-order chi connectivity index (χ0) is 13.4. The number of rotatable bonds is 3. The smallest absolute Gasteiger partial charge is 0.147 e. The van der Waals surface area contributed by atoms with Crippen molar-refractivity contribution in [2.24, 2.45) is 12.8 Å². The van der Waals surface area contributed by atoms with E-state index in [0.29, 0.717) is 6.54 Å². The van der Waals surface area contributed by atoms with Gasteiger partial charge in [0.15, 0.2) is 0 Å². The summed E-state index contributed by atoms with van der Waals surface area (Å²) in [5.74, 6) is 1.01. The Kier molecular flexibility index (Phi) is 3.04. The fourth-order valence-corrected chi connectivity index (χ4v) is 2.90. The molecule has 0 aliphatic carbocycles. The molecular formula is C13H15N5S. The molecule has 2 heterocycles. The molecule has 2 N–H and O–H groups in total. The molecular weight excluding hydrogens is 258 g/mol. The second-order valence-electron chi connectivity index (χ2n) is 4.46. The third-order valence-corrected chi connectivity index (χ3v) is 4.21. The Morgan fingerprint density at radius 2 is 2.16 bits per heavy atom. The highest BCUT2D eigenvalue weighted by Gasteiger charge is 2.09. The number of fused-ring (bicyclic) bond motifs is 1. The summed E-state index contributed by atoms with van der Waals surface area (Å²) in [6.07, 6.45) is 0.780. The first-order valence-corrected chi connectivity index (χ1v) is 6.96. The van der Waals surface area contributed by atoms with Crippen molar-refractivity contribution in [1.29, 1.82) is 0 Å². The number of aromatic nitrogens is 4. The highest BCUT2D eigenvalue weighted by molar-refractivity contribution is 7.14. The van der Waals surface area contributed by atoms with Crippen LogP contribution in [0.3, 0.4) is 0 Å². The van der Waals surface area contributed by atoms with Gasteiger partial charge < -0.3 is 10.3 Å². The monoisotopic (exact) mass is 273 g/mol. The average Bonchev–Trinajstić information content (AvgIpc) is 2.96. The zero-order valence-electron chi connectivity index (χ0n) is 10.9. The van der Waals surface area contributed by atoms with Crippen molar-refractivity contribution in [2.75, 3.05) is 6.54 Å². The highest BCUT2D eigenvalue weighted by atomic mass is 32.1. The molecule has 19 heavy (non-hydrogen) atoms. The van der Waals surface area contributed by atoms with Crippen LogP contribution >= 0.6 is 11.3 Å². The van der Waals surface area contributed by atoms with Crippen LogP contribution in [0.25, 0.3) is 21.6 Å². The van der Waals surface area contributed by atoms with Gasteiger partial charge in [0.05, 0.1) is 11.0 Å². The van der Waals surface area contributed by atoms with Crippen LogP contribution in [0.15, 0.2) is 18.2 Å². The first kappa shape index (κ1) is 12.3. The molecule has 2 aromatic heterocycles. The maximum absolute atomic E-state index is 5.53. The summed E-state index contributed by atoms with van der Waals surface area (Å²) in [6, 6.07) is 6.21. The Morgan fingerprint density at radius 1 is 1.32 bits per heavy atom. The summed E-state index contributed by atoms with van der Waals surface area (Å²) in [5.41, 5.74) is 8.72. The lowest BCUT2D eigenvalue weighted by molar-refractivity contribution is 0.886. The molecule has 3 aromatic rings. The van der Waals surface area contributed by atoms with Gasteiger partial charge in [-0.15, -0.1) is 10.2 Å². The Hall–Kier alpha value is -1.79. The molecule has 0 spiro atoms. The van der Waals surface area contributed by atoms with Gasteiger partial charge in [0.1, 0.15) is 15.8 Å². The standard InChI is InChI=1S/C13H15N5S/c1-8-15-10-7-9(3-4-11(10)18(8)2)13-17-16-12(19-13)5-6-14/h3-4,7H,5-6,14H2,1-2H3. The largest absolute Gasteiger partial charge is 0.331 e. The van der Waals surface area contributed by atoms with E-state index in [2.05, 4.69) is 37.9 Å². The molecule has 0 unspecified atom stereocenters. The van der Waals surface area contributed by atoms with E-state index in [1.807, 2.05) is 14.0 Å². The quantitative estimate of drug-likeness (QED) is 0.791. The van der Waals surface area contributed by atoms with Crippen molar-refractivity contribution in [3.63, 3.8) is 0 Å². The molecule has 0 aliphatic heterocycles. The fraction of sp³-hybridized carbons (Fsp3) is 0.308. The minimum Gasteiger partial charge on any atom is -0.331 e. The summed E-state index contributed by atoms with van der Waals surface area (Å²) < 4.78 is 2.08. The van der Waals surface area contributed by atoms with Crippen molar-refractivity contribution < 1.29 is 0 Å². The normalized spacial score (nSPS) is 11.3. The maximum atomic E-state index is 5.53. The SMILES string of the molecule is Cc1nc2cc(-c3nnc(CCN)s3)ccc2n1C. The Labute approximate surface area is 115 Å². The lowest BCUT2D eigenvalue weighted by Crippen LogP contribution is -2.01. The molecule has 0 atom stereocenters. The van der Waals surface area contributed by atoms with Crippen LogP contribution in [0.4, 0.5) is 0 Å². The van der Waals surface area contributed by atoms with Gasteiger partial charge in [0, 0.05) is 19.0 Å². The van der Waals surface area contributed by atoms with Crippen LogP contribution in [0.5, 0.6) is 0 Å². The molecule has 0 saturated heterocycles. The van der Waals surface area contributed by atoms with Crippen molar-refractivity contribution in [1.82, 2.24) is 19.7 Å². The van der Waals surface area contributed by atoms with E-state index in [4.69, 9.17) is 5.73 Å². The molecule has 0 aliphatic rings. The average molecular weight is 273 g/mol. The molecule has 0 radical (unpaired) electrons. The molecule has 98 valence electrons. The Balaban J connectivity index is 2.04. The maximum Gasteiger partial charge on any atom is 0.147 e. The minimum absolute atomic E-state index is 0.604. The van der Waals surface area contributed by atoms with Crippen LogP contribution < -0.4 is 5.73 Å². The third-order valence-electron chi connectivity index (χ3n) is 3.18. The van der Waals surface area contributed by atoms with Gasteiger partial charge in [-0.1, -0.05) is 11.3 Å². The van der Waals surface area contributed by atoms with Gasteiger partial charge in [-0.25, -0.2) is 4.98 Å². The minimum atomic E-state index is 0.604. The van der Waals surface area contributed by atoms with Crippen molar-refractivity contribution in [2.45, 2.75) is 13.3 Å². The van der Waals surface area contributed by atoms with Crippen molar-refractivity contribution >= 4 is 22.4 Å². The first-order valence-electron chi connectivity index (χ1n) is 6.15. The molecule has 0 amide bonds. The van der Waals surface area contributed by atoms with E-state index >= 15 is 0 Å². The summed E-state index contributed by atoms with van der Waals surface area (Å²) in [7, 11) is 2.02. The van der Waals surface area contributed by atoms with E-state index in [9.17, 15) is 0 Å². The third kappa shape index (κ3) is 2.13. The number of imidazole rings is 1. The highest BCUT2D eigenvalue weighted by Crippen LogP contribution is 2.27. The van der Waals surface area contributed by atoms with Crippen LogP contribution in [-0.2, 0) is 13.5 Å². The van der Waals surface area contributed by atoms with Crippen LogP contribution in [-0.4, -0.2) is 26.3 Å². The van der Waals surface area contributed by atoms with Crippen molar-refractivity contribution in [3.05, 3.63) is 29.0 Å². The van der Waals surface area contributed by atoms with Crippen LogP contribution in [0, 0.1) is 6.92 Å². The topological polar surface area (TPSA) is 69.6 Å². The second-order valence-corrected chi connectivity index (χ2v) is 5.52. The predicted molar refractivity (Wildman–Crippen MR) is 77.1 cm³/mol. The first-order chi connectivity index (χ1) is 9.19. The van der Waals surface area contributed by atoms with E-state index in [0.717, 1.165) is 38.9 Å². The van der Waals surface area contributed by atoms with Crippen LogP contribution in [0.2, 0.25) is 0 Å². The lowest BCUT2D eigenvalue weighted by atomic mass is 10.2. The molecule has 0 saturated carbocycles.